The van der Waals surface area contributed by atoms with E-state index in [1.54, 1.807) is 0 Å². The van der Waals surface area contributed by atoms with Gasteiger partial charge >= 0.3 is 18.4 Å². The Labute approximate surface area is 158 Å². The number of carbonyl (C=O) groups is 1. The third-order valence-corrected chi connectivity index (χ3v) is 3.43. The Bertz CT molecular complexity index is 999. The van der Waals surface area contributed by atoms with Gasteiger partial charge in [0.05, 0.1) is 11.8 Å². The molecule has 13 heteroatoms. The van der Waals surface area contributed by atoms with E-state index in [4.69, 9.17) is 0 Å². The molecule has 29 heavy (non-hydrogen) atoms. The molecule has 152 valence electrons. The summed E-state index contributed by atoms with van der Waals surface area (Å²) in [7, 11) is 0. The van der Waals surface area contributed by atoms with Crippen molar-refractivity contribution in [2.45, 2.75) is 12.4 Å². The lowest BCUT2D eigenvalue weighted by Crippen LogP contribution is -2.20. The first kappa shape index (κ1) is 20.1. The van der Waals surface area contributed by atoms with Crippen molar-refractivity contribution in [3.8, 4) is 11.6 Å². The average Bonchev–Trinajstić information content (AvgIpc) is 3.05. The van der Waals surface area contributed by atoms with Gasteiger partial charge in [0.25, 0.3) is 0 Å². The number of hydrogen-bond donors (Lipinski definition) is 1. The highest BCUT2D eigenvalue weighted by atomic mass is 19.4. The number of pyridine rings is 2. The number of carbonyl (C=O) groups excluding carboxylic acids is 1. The molecule has 3 aromatic heterocycles. The molecule has 1 amide bonds. The molecule has 0 fully saturated rings. The van der Waals surface area contributed by atoms with Gasteiger partial charge in [-0.3, -0.25) is 10.3 Å². The number of amides is 1. The smallest absolute Gasteiger partial charge is 0.406 e. The van der Waals surface area contributed by atoms with Crippen molar-refractivity contribution in [3.05, 3.63) is 60.3 Å². The Morgan fingerprint density at radius 3 is 2.21 bits per heavy atom. The summed E-state index contributed by atoms with van der Waals surface area (Å²) in [6, 6.07) is 4.02. The molecule has 3 aromatic rings. The zero-order chi connectivity index (χ0) is 21.2. The van der Waals surface area contributed by atoms with E-state index in [9.17, 15) is 31.1 Å². The highest BCUT2D eigenvalue weighted by Gasteiger charge is 2.41. The fourth-order valence-electron chi connectivity index (χ4n) is 2.20. The van der Waals surface area contributed by atoms with Crippen LogP contribution < -0.4 is 10.1 Å². The van der Waals surface area contributed by atoms with Crippen LogP contribution >= 0.6 is 0 Å². The van der Waals surface area contributed by atoms with E-state index in [0.29, 0.717) is 24.5 Å². The second kappa shape index (κ2) is 7.41. The number of alkyl halides is 6. The molecular formula is C16H9F6N5O2. The SMILES string of the molecule is O=C(Nc1ccncc1)Oc1cnn(-c2ccc(C(F)(F)F)cn2)c1C(F)(F)F. The second-order valence-electron chi connectivity index (χ2n) is 5.42. The third-order valence-electron chi connectivity index (χ3n) is 3.43. The van der Waals surface area contributed by atoms with Gasteiger partial charge in [0, 0.05) is 24.3 Å². The molecule has 3 rings (SSSR count). The topological polar surface area (TPSA) is 81.9 Å². The standard InChI is InChI=1S/C16H9F6N5O2/c17-15(18,19)9-1-2-12(24-7-9)27-13(16(20,21)22)11(8-25-27)29-14(28)26-10-3-5-23-6-4-10/h1-8H,(H,23,26,28). The van der Waals surface area contributed by atoms with Crippen LogP contribution in [0.5, 0.6) is 5.75 Å². The van der Waals surface area contributed by atoms with Gasteiger partial charge in [0.1, 0.15) is 0 Å². The maximum absolute atomic E-state index is 13.5. The molecule has 0 radical (unpaired) electrons. The molecule has 1 N–H and O–H groups in total. The molecule has 0 spiro atoms. The lowest BCUT2D eigenvalue weighted by atomic mass is 10.3. The molecule has 0 aromatic carbocycles. The second-order valence-corrected chi connectivity index (χ2v) is 5.42. The molecule has 3 heterocycles. The van der Waals surface area contributed by atoms with Crippen LogP contribution in [0.1, 0.15) is 11.3 Å². The predicted octanol–water partition coefficient (Wildman–Crippen LogP) is 4.31. The summed E-state index contributed by atoms with van der Waals surface area (Å²) >= 11 is 0. The van der Waals surface area contributed by atoms with Gasteiger partial charge in [0.2, 0.25) is 0 Å². The summed E-state index contributed by atoms with van der Waals surface area (Å²) in [5, 5.41) is 5.64. The van der Waals surface area contributed by atoms with Crippen molar-refractivity contribution >= 4 is 11.8 Å². The molecule has 0 unspecified atom stereocenters. The molecule has 0 aliphatic heterocycles. The zero-order valence-corrected chi connectivity index (χ0v) is 14.0. The van der Waals surface area contributed by atoms with Gasteiger partial charge in [-0.15, -0.1) is 0 Å². The Hall–Kier alpha value is -3.64. The summed E-state index contributed by atoms with van der Waals surface area (Å²) in [4.78, 5) is 18.9. The molecule has 7 nitrogen and oxygen atoms in total. The van der Waals surface area contributed by atoms with Gasteiger partial charge in [0.15, 0.2) is 17.3 Å². The van der Waals surface area contributed by atoms with Gasteiger partial charge < -0.3 is 4.74 Å². The van der Waals surface area contributed by atoms with Gasteiger partial charge in [-0.05, 0) is 24.3 Å². The summed E-state index contributed by atoms with van der Waals surface area (Å²) in [5.41, 5.74) is -2.44. The van der Waals surface area contributed by atoms with Crippen molar-refractivity contribution in [1.29, 1.82) is 0 Å². The normalized spacial score (nSPS) is 11.9. The Morgan fingerprint density at radius 1 is 0.966 bits per heavy atom. The van der Waals surface area contributed by atoms with E-state index in [0.717, 1.165) is 0 Å². The first-order valence-corrected chi connectivity index (χ1v) is 7.63. The zero-order valence-electron chi connectivity index (χ0n) is 14.0. The highest BCUT2D eigenvalue weighted by Crippen LogP contribution is 2.38. The molecule has 0 saturated heterocycles. The van der Waals surface area contributed by atoms with Crippen LogP contribution in [0.4, 0.5) is 36.8 Å². The minimum Gasteiger partial charge on any atom is -0.406 e. The third kappa shape index (κ3) is 4.62. The van der Waals surface area contributed by atoms with Gasteiger partial charge in [-0.1, -0.05) is 0 Å². The Morgan fingerprint density at radius 2 is 1.66 bits per heavy atom. The van der Waals surface area contributed by atoms with Crippen LogP contribution in [0, 0.1) is 0 Å². The van der Waals surface area contributed by atoms with Crippen molar-refractivity contribution in [2.24, 2.45) is 0 Å². The van der Waals surface area contributed by atoms with Crippen LogP contribution in [0.15, 0.2) is 49.1 Å². The largest absolute Gasteiger partial charge is 0.437 e. The Kier molecular flexibility index (Phi) is 5.14. The number of ether oxygens (including phenoxy) is 1. The number of halogens is 6. The van der Waals surface area contributed by atoms with Crippen molar-refractivity contribution in [3.63, 3.8) is 0 Å². The highest BCUT2D eigenvalue weighted by molar-refractivity contribution is 5.86. The maximum atomic E-state index is 13.5. The summed E-state index contributed by atoms with van der Waals surface area (Å²) in [6.45, 7) is 0. The monoisotopic (exact) mass is 417 g/mol. The molecule has 0 saturated carbocycles. The molecule has 0 aliphatic carbocycles. The minimum absolute atomic E-state index is 0.218. The summed E-state index contributed by atoms with van der Waals surface area (Å²) < 4.78 is 83.2. The first-order chi connectivity index (χ1) is 13.6. The van der Waals surface area contributed by atoms with Crippen molar-refractivity contribution < 1.29 is 35.9 Å². The Balaban J connectivity index is 1.90. The number of hydrogen-bond acceptors (Lipinski definition) is 5. The minimum atomic E-state index is -5.05. The number of aromatic nitrogens is 4. The maximum Gasteiger partial charge on any atom is 0.437 e. The number of rotatable bonds is 3. The van der Waals surface area contributed by atoms with E-state index >= 15 is 0 Å². The van der Waals surface area contributed by atoms with Gasteiger partial charge in [-0.2, -0.15) is 31.4 Å². The van der Waals surface area contributed by atoms with Gasteiger partial charge in [-0.25, -0.2) is 14.5 Å². The number of nitrogens with one attached hydrogen (secondary N) is 1. The number of nitrogens with zero attached hydrogens (tertiary/aromatic N) is 4. The lowest BCUT2D eigenvalue weighted by molar-refractivity contribution is -0.144. The quantitative estimate of drug-likeness (QED) is 0.643. The van der Waals surface area contributed by atoms with E-state index in [1.807, 2.05) is 0 Å². The average molecular weight is 417 g/mol. The number of anilines is 1. The van der Waals surface area contributed by atoms with Crippen LogP contribution in [0.2, 0.25) is 0 Å². The predicted molar refractivity (Wildman–Crippen MR) is 85.2 cm³/mol. The summed E-state index contributed by atoms with van der Waals surface area (Å²) in [5.74, 6) is -1.50. The van der Waals surface area contributed by atoms with Crippen molar-refractivity contribution in [1.82, 2.24) is 19.7 Å². The van der Waals surface area contributed by atoms with E-state index in [-0.39, 0.29) is 10.4 Å². The molecule has 0 atom stereocenters. The van der Waals surface area contributed by atoms with Crippen LogP contribution in [-0.4, -0.2) is 25.8 Å². The van der Waals surface area contributed by atoms with E-state index in [1.165, 1.54) is 24.5 Å². The fraction of sp³-hybridized carbons (Fsp3) is 0.125. The fourth-order valence-corrected chi connectivity index (χ4v) is 2.20. The molecular weight excluding hydrogens is 408 g/mol. The van der Waals surface area contributed by atoms with E-state index in [2.05, 4.69) is 25.1 Å². The van der Waals surface area contributed by atoms with Crippen LogP contribution in [0.3, 0.4) is 0 Å². The van der Waals surface area contributed by atoms with Crippen LogP contribution in [0.25, 0.3) is 5.82 Å². The summed E-state index contributed by atoms with van der Waals surface area (Å²) in [6.07, 6.45) is -7.34. The van der Waals surface area contributed by atoms with Crippen molar-refractivity contribution in [2.75, 3.05) is 5.32 Å². The van der Waals surface area contributed by atoms with E-state index < -0.39 is 41.3 Å². The molecule has 0 aliphatic rings. The molecule has 0 bridgehead atoms. The lowest BCUT2D eigenvalue weighted by Gasteiger charge is -2.13. The van der Waals surface area contributed by atoms with Crippen LogP contribution in [-0.2, 0) is 12.4 Å². The first-order valence-electron chi connectivity index (χ1n) is 7.63.